The second-order valence-electron chi connectivity index (χ2n) is 11.0. The van der Waals surface area contributed by atoms with Crippen molar-refractivity contribution in [3.8, 4) is 16.9 Å². The van der Waals surface area contributed by atoms with E-state index in [0.29, 0.717) is 16.9 Å². The Kier molecular flexibility index (Phi) is 9.52. The monoisotopic (exact) mass is 644 g/mol. The van der Waals surface area contributed by atoms with Crippen LogP contribution < -0.4 is 4.74 Å². The van der Waals surface area contributed by atoms with Crippen molar-refractivity contribution >= 4 is 35.4 Å². The van der Waals surface area contributed by atoms with Crippen LogP contribution in [0.15, 0.2) is 60.7 Å². The van der Waals surface area contributed by atoms with Gasteiger partial charge < -0.3 is 28.4 Å². The van der Waals surface area contributed by atoms with Crippen LogP contribution in [-0.4, -0.2) is 73.6 Å². The molecule has 12 heteroatoms. The van der Waals surface area contributed by atoms with Crippen molar-refractivity contribution in [1.29, 1.82) is 0 Å². The lowest BCUT2D eigenvalue weighted by molar-refractivity contribution is -0.254. The van der Waals surface area contributed by atoms with Gasteiger partial charge in [-0.05, 0) is 28.8 Å². The standard InChI is InChI=1S/C35H32O12/c1-17(36)43-16-27-33(44-18(2)37)35(46-20(4)39)34(45-19(3)38)32(47-27)26-15-14-23(21-10-12-22(42-5)13-11-21)28-29(26)31(41)25-9-7-6-8-24(25)30(28)40/h6-15,27,32-35H,16H2,1-5H3/t27-,32+,33-,34+,35+/m1/s1. The molecule has 3 aromatic rings. The summed E-state index contributed by atoms with van der Waals surface area (Å²) in [6, 6.07) is 16.5. The summed E-state index contributed by atoms with van der Waals surface area (Å²) in [4.78, 5) is 77.4. The third-order valence-electron chi connectivity index (χ3n) is 7.81. The first-order valence-electron chi connectivity index (χ1n) is 14.7. The molecule has 0 saturated carbocycles. The van der Waals surface area contributed by atoms with Crippen LogP contribution in [0.2, 0.25) is 0 Å². The Morgan fingerprint density at radius 1 is 0.638 bits per heavy atom. The fraction of sp³-hybridized carbons (Fsp3) is 0.314. The molecule has 1 fully saturated rings. The lowest BCUT2D eigenvalue weighted by Gasteiger charge is -2.45. The molecule has 0 bridgehead atoms. The molecular formula is C35H32O12. The van der Waals surface area contributed by atoms with Gasteiger partial charge in [0, 0.05) is 49.9 Å². The van der Waals surface area contributed by atoms with Gasteiger partial charge in [0.2, 0.25) is 0 Å². The summed E-state index contributed by atoms with van der Waals surface area (Å²) >= 11 is 0. The van der Waals surface area contributed by atoms with Crippen LogP contribution in [0.4, 0.5) is 0 Å². The molecule has 0 spiro atoms. The van der Waals surface area contributed by atoms with E-state index in [1.165, 1.54) is 20.1 Å². The Morgan fingerprint density at radius 3 is 1.74 bits per heavy atom. The minimum atomic E-state index is -1.47. The molecule has 1 aliphatic carbocycles. The van der Waals surface area contributed by atoms with E-state index in [2.05, 4.69) is 0 Å². The van der Waals surface area contributed by atoms with Crippen LogP contribution >= 0.6 is 0 Å². The molecule has 0 aromatic heterocycles. The summed E-state index contributed by atoms with van der Waals surface area (Å²) in [6.07, 6.45) is -6.92. The number of hydrogen-bond donors (Lipinski definition) is 0. The molecule has 1 saturated heterocycles. The highest BCUT2D eigenvalue weighted by Gasteiger charge is 2.53. The van der Waals surface area contributed by atoms with Crippen molar-refractivity contribution < 1.29 is 57.2 Å². The minimum Gasteiger partial charge on any atom is -0.497 e. The first-order chi connectivity index (χ1) is 22.4. The van der Waals surface area contributed by atoms with Crippen molar-refractivity contribution in [2.45, 2.75) is 58.2 Å². The summed E-state index contributed by atoms with van der Waals surface area (Å²) in [5.41, 5.74) is 1.65. The molecule has 47 heavy (non-hydrogen) atoms. The number of fused-ring (bicyclic) bond motifs is 2. The van der Waals surface area contributed by atoms with Crippen LogP contribution in [-0.2, 0) is 42.9 Å². The lowest BCUT2D eigenvalue weighted by atomic mass is 9.76. The normalized spacial score (nSPS) is 21.5. The number of ether oxygens (including phenoxy) is 6. The third-order valence-corrected chi connectivity index (χ3v) is 7.81. The molecule has 1 heterocycles. The maximum atomic E-state index is 14.3. The summed E-state index contributed by atoms with van der Waals surface area (Å²) in [7, 11) is 1.53. The molecule has 5 atom stereocenters. The first kappa shape index (κ1) is 33.0. The van der Waals surface area contributed by atoms with Crippen molar-refractivity contribution in [3.05, 3.63) is 88.5 Å². The van der Waals surface area contributed by atoms with E-state index < -0.39 is 72.6 Å². The maximum absolute atomic E-state index is 14.3. The second kappa shape index (κ2) is 13.6. The molecule has 0 N–H and O–H groups in total. The van der Waals surface area contributed by atoms with E-state index in [4.69, 9.17) is 28.4 Å². The highest BCUT2D eigenvalue weighted by molar-refractivity contribution is 6.30. The van der Waals surface area contributed by atoms with E-state index >= 15 is 0 Å². The van der Waals surface area contributed by atoms with E-state index in [1.807, 2.05) is 0 Å². The molecule has 1 aliphatic heterocycles. The molecule has 2 aliphatic rings. The quantitative estimate of drug-likeness (QED) is 0.201. The maximum Gasteiger partial charge on any atom is 0.303 e. The van der Waals surface area contributed by atoms with E-state index in [1.54, 1.807) is 54.6 Å². The Hall–Kier alpha value is -5.36. The Bertz CT molecular complexity index is 1760. The van der Waals surface area contributed by atoms with E-state index in [0.717, 1.165) is 20.8 Å². The zero-order valence-electron chi connectivity index (χ0n) is 26.3. The Labute approximate surface area is 269 Å². The van der Waals surface area contributed by atoms with Crippen molar-refractivity contribution in [2.75, 3.05) is 13.7 Å². The zero-order valence-corrected chi connectivity index (χ0v) is 26.3. The molecule has 0 radical (unpaired) electrons. The number of esters is 4. The summed E-state index contributed by atoms with van der Waals surface area (Å²) in [6.45, 7) is 4.09. The van der Waals surface area contributed by atoms with Crippen LogP contribution in [0.3, 0.4) is 0 Å². The van der Waals surface area contributed by atoms with Crippen LogP contribution in [0.5, 0.6) is 5.75 Å². The number of ketones is 2. The topological polar surface area (TPSA) is 158 Å². The van der Waals surface area contributed by atoms with Crippen LogP contribution in [0.1, 0.15) is 71.2 Å². The Morgan fingerprint density at radius 2 is 1.19 bits per heavy atom. The minimum absolute atomic E-state index is 0.0112. The molecule has 0 unspecified atom stereocenters. The Balaban J connectivity index is 1.76. The van der Waals surface area contributed by atoms with E-state index in [-0.39, 0.29) is 27.8 Å². The van der Waals surface area contributed by atoms with Crippen molar-refractivity contribution in [3.63, 3.8) is 0 Å². The fourth-order valence-corrected chi connectivity index (χ4v) is 5.97. The summed E-state index contributed by atoms with van der Waals surface area (Å²) in [5, 5.41) is 0. The number of carbonyl (C=O) groups is 6. The summed E-state index contributed by atoms with van der Waals surface area (Å²) in [5.74, 6) is -3.37. The molecule has 244 valence electrons. The van der Waals surface area contributed by atoms with Gasteiger partial charge in [0.25, 0.3) is 0 Å². The molecule has 3 aromatic carbocycles. The smallest absolute Gasteiger partial charge is 0.303 e. The molecule has 12 nitrogen and oxygen atoms in total. The third kappa shape index (κ3) is 6.63. The number of benzene rings is 3. The van der Waals surface area contributed by atoms with Gasteiger partial charge in [-0.25, -0.2) is 0 Å². The van der Waals surface area contributed by atoms with Gasteiger partial charge in [-0.2, -0.15) is 0 Å². The van der Waals surface area contributed by atoms with Gasteiger partial charge in [-0.1, -0.05) is 48.5 Å². The van der Waals surface area contributed by atoms with Crippen LogP contribution in [0, 0.1) is 0 Å². The zero-order chi connectivity index (χ0) is 34.0. The van der Waals surface area contributed by atoms with Gasteiger partial charge >= 0.3 is 23.9 Å². The SMILES string of the molecule is COc1ccc(-c2ccc([C@@H]3O[C@H](COC(C)=O)[C@@H](OC(C)=O)[C@H](OC(C)=O)[C@H]3OC(C)=O)c3c2C(=O)c2ccccc2C3=O)cc1. The van der Waals surface area contributed by atoms with Crippen molar-refractivity contribution in [1.82, 2.24) is 0 Å². The van der Waals surface area contributed by atoms with E-state index in [9.17, 15) is 28.8 Å². The van der Waals surface area contributed by atoms with Crippen LogP contribution in [0.25, 0.3) is 11.1 Å². The predicted octanol–water partition coefficient (Wildman–Crippen LogP) is 3.94. The number of carbonyl (C=O) groups excluding carboxylic acids is 6. The largest absolute Gasteiger partial charge is 0.497 e. The number of rotatable bonds is 8. The molecule has 5 rings (SSSR count). The highest BCUT2D eigenvalue weighted by atomic mass is 16.7. The highest BCUT2D eigenvalue weighted by Crippen LogP contribution is 2.44. The van der Waals surface area contributed by atoms with Gasteiger partial charge in [-0.15, -0.1) is 0 Å². The van der Waals surface area contributed by atoms with Gasteiger partial charge in [-0.3, -0.25) is 28.8 Å². The average Bonchev–Trinajstić information content (AvgIpc) is 3.03. The van der Waals surface area contributed by atoms with Crippen molar-refractivity contribution in [2.24, 2.45) is 0 Å². The number of hydrogen-bond acceptors (Lipinski definition) is 12. The van der Waals surface area contributed by atoms with Gasteiger partial charge in [0.1, 0.15) is 24.6 Å². The van der Waals surface area contributed by atoms with Gasteiger partial charge in [0.15, 0.2) is 29.9 Å². The predicted molar refractivity (Wildman–Crippen MR) is 163 cm³/mol. The lowest BCUT2D eigenvalue weighted by Crippen LogP contribution is -2.59. The number of methoxy groups -OCH3 is 1. The molecular weight excluding hydrogens is 612 g/mol. The molecule has 0 amide bonds. The first-order valence-corrected chi connectivity index (χ1v) is 14.7. The fourth-order valence-electron chi connectivity index (χ4n) is 5.97. The summed E-state index contributed by atoms with van der Waals surface area (Å²) < 4.78 is 33.6. The average molecular weight is 645 g/mol. The second-order valence-corrected chi connectivity index (χ2v) is 11.0. The van der Waals surface area contributed by atoms with Gasteiger partial charge in [0.05, 0.1) is 7.11 Å².